The largest absolute Gasteiger partial charge is 0.0683 e. The molecule has 2 aliphatic carbocycles. The van der Waals surface area contributed by atoms with Crippen LogP contribution in [-0.4, -0.2) is 0 Å². The summed E-state index contributed by atoms with van der Waals surface area (Å²) in [5, 5.41) is 0. The van der Waals surface area contributed by atoms with Crippen molar-refractivity contribution < 1.29 is 0 Å². The summed E-state index contributed by atoms with van der Waals surface area (Å²) in [6, 6.07) is 12.0. The summed E-state index contributed by atoms with van der Waals surface area (Å²) in [4.78, 5) is 0. The third-order valence-electron chi connectivity index (χ3n) is 6.29. The molecule has 27 heavy (non-hydrogen) atoms. The monoisotopic (exact) mass is 364 g/mol. The van der Waals surface area contributed by atoms with Gasteiger partial charge in [0.2, 0.25) is 0 Å². The second kappa shape index (κ2) is 10.1. The van der Waals surface area contributed by atoms with Gasteiger partial charge in [-0.15, -0.1) is 0 Å². The van der Waals surface area contributed by atoms with Crippen LogP contribution in [0.5, 0.6) is 0 Å². The zero-order valence-electron chi connectivity index (χ0n) is 18.8. The second-order valence-corrected chi connectivity index (χ2v) is 7.97. The molecule has 2 atom stereocenters. The van der Waals surface area contributed by atoms with Crippen LogP contribution in [-0.2, 0) is 25.7 Å². The van der Waals surface area contributed by atoms with Gasteiger partial charge in [-0.1, -0.05) is 65.0 Å². The summed E-state index contributed by atoms with van der Waals surface area (Å²) < 4.78 is 0. The first-order valence-electron chi connectivity index (χ1n) is 11.3. The molecule has 0 heteroatoms. The van der Waals surface area contributed by atoms with Gasteiger partial charge < -0.3 is 0 Å². The first-order chi connectivity index (χ1) is 13.1. The molecule has 0 aliphatic heterocycles. The van der Waals surface area contributed by atoms with Gasteiger partial charge >= 0.3 is 0 Å². The van der Waals surface area contributed by atoms with Crippen molar-refractivity contribution in [1.29, 1.82) is 0 Å². The van der Waals surface area contributed by atoms with Crippen LogP contribution in [0.1, 0.15) is 92.3 Å². The van der Waals surface area contributed by atoms with Gasteiger partial charge in [0.05, 0.1) is 0 Å². The Balaban J connectivity index is 0.000000614. The lowest BCUT2D eigenvalue weighted by molar-refractivity contribution is 0.492. The maximum atomic E-state index is 2.44. The summed E-state index contributed by atoms with van der Waals surface area (Å²) in [5.74, 6) is 1.58. The highest BCUT2D eigenvalue weighted by Crippen LogP contribution is 2.38. The molecule has 0 heterocycles. The minimum absolute atomic E-state index is 0.711. The van der Waals surface area contributed by atoms with E-state index in [-0.39, 0.29) is 0 Å². The quantitative estimate of drug-likeness (QED) is 0.485. The predicted octanol–water partition coefficient (Wildman–Crippen LogP) is 7.75. The van der Waals surface area contributed by atoms with E-state index in [1.54, 1.807) is 27.8 Å². The standard InChI is InChI=1S/C23H28.2C2H6/c1-15-4-10-22-20(12-15)7-8-21-14-19(9-11-23(21)22)18-6-5-16(2)17(3)13-18;2*1-2/h5-8,13,15,19H,4,9-12,14H2,1-3H3;2*1-2H3. The SMILES string of the molecule is CC.CC.Cc1ccc(C2CCc3c(ccc4c3CCC(C)C4)C2)cc1C. The van der Waals surface area contributed by atoms with Gasteiger partial charge in [0.25, 0.3) is 0 Å². The molecule has 2 aliphatic rings. The zero-order chi connectivity index (χ0) is 20.0. The molecule has 4 rings (SSSR count). The lowest BCUT2D eigenvalue weighted by Crippen LogP contribution is -2.19. The maximum Gasteiger partial charge on any atom is -0.0118 e. The third kappa shape index (κ3) is 4.84. The van der Waals surface area contributed by atoms with Gasteiger partial charge in [0.15, 0.2) is 0 Å². The molecular formula is C27H40. The van der Waals surface area contributed by atoms with Gasteiger partial charge in [0, 0.05) is 0 Å². The number of aryl methyl sites for hydroxylation is 2. The maximum absolute atomic E-state index is 2.44. The number of benzene rings is 2. The molecular weight excluding hydrogens is 324 g/mol. The van der Waals surface area contributed by atoms with E-state index in [9.17, 15) is 0 Å². The Kier molecular flexibility index (Phi) is 8.14. The average Bonchev–Trinajstić information content (AvgIpc) is 2.72. The van der Waals surface area contributed by atoms with Gasteiger partial charge in [0.1, 0.15) is 0 Å². The molecule has 0 bridgehead atoms. The Labute approximate surface area is 168 Å². The summed E-state index contributed by atoms with van der Waals surface area (Å²) in [6.07, 6.45) is 7.83. The van der Waals surface area contributed by atoms with E-state index in [1.807, 2.05) is 27.7 Å². The molecule has 0 amide bonds. The molecule has 0 fully saturated rings. The lowest BCUT2D eigenvalue weighted by atomic mass is 9.74. The molecule has 0 nitrogen and oxygen atoms in total. The molecule has 0 aromatic heterocycles. The average molecular weight is 365 g/mol. The molecule has 0 saturated carbocycles. The summed E-state index contributed by atoms with van der Waals surface area (Å²) in [6.45, 7) is 14.9. The molecule has 2 unspecified atom stereocenters. The van der Waals surface area contributed by atoms with E-state index in [2.05, 4.69) is 51.1 Å². The van der Waals surface area contributed by atoms with Crippen LogP contribution in [0.4, 0.5) is 0 Å². The van der Waals surface area contributed by atoms with Crippen molar-refractivity contribution in [3.05, 3.63) is 69.3 Å². The van der Waals surface area contributed by atoms with E-state index < -0.39 is 0 Å². The van der Waals surface area contributed by atoms with E-state index in [4.69, 9.17) is 0 Å². The Morgan fingerprint density at radius 1 is 0.704 bits per heavy atom. The van der Waals surface area contributed by atoms with Crippen LogP contribution in [0.25, 0.3) is 0 Å². The fraction of sp³-hybridized carbons (Fsp3) is 0.556. The van der Waals surface area contributed by atoms with Crippen LogP contribution >= 0.6 is 0 Å². The smallest absolute Gasteiger partial charge is 0.0118 e. The van der Waals surface area contributed by atoms with Crippen molar-refractivity contribution in [2.24, 2.45) is 5.92 Å². The summed E-state index contributed by atoms with van der Waals surface area (Å²) in [7, 11) is 0. The van der Waals surface area contributed by atoms with Gasteiger partial charge in [-0.25, -0.2) is 0 Å². The van der Waals surface area contributed by atoms with Crippen molar-refractivity contribution in [2.75, 3.05) is 0 Å². The number of fused-ring (bicyclic) bond motifs is 3. The van der Waals surface area contributed by atoms with Crippen LogP contribution in [0.3, 0.4) is 0 Å². The van der Waals surface area contributed by atoms with Gasteiger partial charge in [-0.3, -0.25) is 0 Å². The highest BCUT2D eigenvalue weighted by molar-refractivity contribution is 5.46. The molecule has 2 aromatic rings. The Hall–Kier alpha value is -1.56. The summed E-state index contributed by atoms with van der Waals surface area (Å²) >= 11 is 0. The van der Waals surface area contributed by atoms with E-state index in [0.717, 1.165) is 5.92 Å². The van der Waals surface area contributed by atoms with Crippen LogP contribution in [0.15, 0.2) is 30.3 Å². The molecule has 0 spiro atoms. The normalized spacial score (nSPS) is 20.3. The number of hydrogen-bond acceptors (Lipinski definition) is 0. The molecule has 0 saturated heterocycles. The van der Waals surface area contributed by atoms with Gasteiger partial charge in [-0.2, -0.15) is 0 Å². The first kappa shape index (κ1) is 21.7. The molecule has 0 N–H and O–H groups in total. The number of rotatable bonds is 1. The minimum atomic E-state index is 0.711. The Morgan fingerprint density at radius 3 is 1.93 bits per heavy atom. The van der Waals surface area contributed by atoms with Crippen molar-refractivity contribution in [3.8, 4) is 0 Å². The van der Waals surface area contributed by atoms with E-state index in [0.29, 0.717) is 5.92 Å². The van der Waals surface area contributed by atoms with Crippen LogP contribution in [0.2, 0.25) is 0 Å². The highest BCUT2D eigenvalue weighted by atomic mass is 14.3. The van der Waals surface area contributed by atoms with Crippen LogP contribution in [0, 0.1) is 19.8 Å². The molecule has 0 radical (unpaired) electrons. The second-order valence-electron chi connectivity index (χ2n) is 7.97. The van der Waals surface area contributed by atoms with Crippen molar-refractivity contribution >= 4 is 0 Å². The van der Waals surface area contributed by atoms with Crippen molar-refractivity contribution in [3.63, 3.8) is 0 Å². The minimum Gasteiger partial charge on any atom is -0.0683 e. The zero-order valence-corrected chi connectivity index (χ0v) is 18.8. The lowest BCUT2D eigenvalue weighted by Gasteiger charge is -2.31. The van der Waals surface area contributed by atoms with E-state index in [1.165, 1.54) is 49.7 Å². The highest BCUT2D eigenvalue weighted by Gasteiger charge is 2.25. The topological polar surface area (TPSA) is 0 Å². The fourth-order valence-electron chi connectivity index (χ4n) is 4.65. The van der Waals surface area contributed by atoms with Crippen molar-refractivity contribution in [2.45, 2.75) is 92.9 Å². The predicted molar refractivity (Wildman–Crippen MR) is 121 cm³/mol. The van der Waals surface area contributed by atoms with Crippen molar-refractivity contribution in [1.82, 2.24) is 0 Å². The molecule has 148 valence electrons. The fourth-order valence-corrected chi connectivity index (χ4v) is 4.65. The molecule has 2 aromatic carbocycles. The van der Waals surface area contributed by atoms with Crippen LogP contribution < -0.4 is 0 Å². The Bertz CT molecular complexity index is 738. The van der Waals surface area contributed by atoms with E-state index >= 15 is 0 Å². The Morgan fingerprint density at radius 2 is 1.30 bits per heavy atom. The van der Waals surface area contributed by atoms with Gasteiger partial charge in [-0.05, 0) is 103 Å². The third-order valence-corrected chi connectivity index (χ3v) is 6.29. The first-order valence-corrected chi connectivity index (χ1v) is 11.3. The number of hydrogen-bond donors (Lipinski definition) is 0. The summed E-state index contributed by atoms with van der Waals surface area (Å²) in [5.41, 5.74) is 11.1.